The molecular formula is C34H30N10O2. The number of urea groups is 1. The average molecular weight is 611 g/mol. The predicted molar refractivity (Wildman–Crippen MR) is 180 cm³/mol. The molecule has 7 aromatic rings. The first kappa shape index (κ1) is 28.5. The monoisotopic (exact) mass is 610 g/mol. The van der Waals surface area contributed by atoms with Crippen LogP contribution in [0.4, 0.5) is 22.1 Å². The van der Waals surface area contributed by atoms with Crippen molar-refractivity contribution in [3.63, 3.8) is 0 Å². The van der Waals surface area contributed by atoms with Crippen LogP contribution in [-0.2, 0) is 5.41 Å². The molecule has 6 N–H and O–H groups in total. The van der Waals surface area contributed by atoms with Gasteiger partial charge in [-0.25, -0.2) is 19.4 Å². The highest BCUT2D eigenvalue weighted by Crippen LogP contribution is 2.32. The minimum absolute atomic E-state index is 0.0803. The van der Waals surface area contributed by atoms with E-state index >= 15 is 0 Å². The SMILES string of the molecule is CC(C)(C)c1cc(NC(=O)Nc2cccc(-n3c(N)c(C(N)=O)c4nc5ccccc5nc43)c2)n(-c2ccc3ncccc3c2)n1. The molecule has 0 bridgehead atoms. The van der Waals surface area contributed by atoms with E-state index in [2.05, 4.69) is 41.4 Å². The molecule has 46 heavy (non-hydrogen) atoms. The number of primary amides is 1. The van der Waals surface area contributed by atoms with Crippen LogP contribution in [0.25, 0.3) is 44.5 Å². The van der Waals surface area contributed by atoms with Crippen molar-refractivity contribution in [2.24, 2.45) is 5.73 Å². The quantitative estimate of drug-likeness (QED) is 0.187. The molecule has 12 heteroatoms. The number of fused-ring (bicyclic) bond motifs is 3. The number of pyridine rings is 1. The van der Waals surface area contributed by atoms with Gasteiger partial charge in [-0.3, -0.25) is 19.7 Å². The summed E-state index contributed by atoms with van der Waals surface area (Å²) >= 11 is 0. The van der Waals surface area contributed by atoms with Crippen LogP contribution in [0.15, 0.2) is 91.1 Å². The number of benzene rings is 3. The van der Waals surface area contributed by atoms with Gasteiger partial charge in [0.25, 0.3) is 5.91 Å². The zero-order valence-corrected chi connectivity index (χ0v) is 25.3. The van der Waals surface area contributed by atoms with Gasteiger partial charge in [0.05, 0.1) is 33.6 Å². The Hall–Kier alpha value is -6.30. The standard InChI is InChI=1S/C34H30N10O2/c1-34(2,3)26-18-27(44(42-26)22-13-14-23-19(16-22)8-7-15-37-23)41-33(46)38-20-9-6-10-21(17-20)43-30(35)28(31(36)45)29-32(43)40-25-12-5-4-11-24(25)39-29/h4-18H,35H2,1-3H3,(H2,36,45)(H2,38,41,46). The summed E-state index contributed by atoms with van der Waals surface area (Å²) in [7, 11) is 0. The molecule has 3 aromatic carbocycles. The van der Waals surface area contributed by atoms with Gasteiger partial charge < -0.3 is 16.8 Å². The number of nitrogens with one attached hydrogen (secondary N) is 2. The van der Waals surface area contributed by atoms with Crippen LogP contribution in [0, 0.1) is 0 Å². The third kappa shape index (κ3) is 5.01. The Morgan fingerprint density at radius 2 is 1.59 bits per heavy atom. The fourth-order valence-corrected chi connectivity index (χ4v) is 5.40. The van der Waals surface area contributed by atoms with Crippen LogP contribution >= 0.6 is 0 Å². The number of hydrogen-bond acceptors (Lipinski definition) is 7. The van der Waals surface area contributed by atoms with E-state index in [-0.39, 0.29) is 16.8 Å². The summed E-state index contributed by atoms with van der Waals surface area (Å²) < 4.78 is 3.32. The van der Waals surface area contributed by atoms with E-state index in [1.807, 2.05) is 54.6 Å². The molecule has 0 fully saturated rings. The Balaban J connectivity index is 1.23. The first-order chi connectivity index (χ1) is 22.1. The molecule has 0 unspecified atom stereocenters. The summed E-state index contributed by atoms with van der Waals surface area (Å²) in [6, 6.07) is 25.4. The number of nitrogens with two attached hydrogens (primary N) is 2. The van der Waals surface area contributed by atoms with Crippen LogP contribution < -0.4 is 22.1 Å². The van der Waals surface area contributed by atoms with Crippen molar-refractivity contribution in [3.8, 4) is 11.4 Å². The first-order valence-electron chi connectivity index (χ1n) is 14.6. The summed E-state index contributed by atoms with van der Waals surface area (Å²) in [5.41, 5.74) is 17.4. The highest BCUT2D eigenvalue weighted by Gasteiger charge is 2.24. The summed E-state index contributed by atoms with van der Waals surface area (Å²) in [5.74, 6) is -0.118. The van der Waals surface area contributed by atoms with Gasteiger partial charge in [0.15, 0.2) is 5.65 Å². The van der Waals surface area contributed by atoms with Gasteiger partial charge in [0.2, 0.25) is 0 Å². The Morgan fingerprint density at radius 1 is 0.804 bits per heavy atom. The van der Waals surface area contributed by atoms with Crippen molar-refractivity contribution in [1.82, 2.24) is 29.3 Å². The number of nitrogens with zero attached hydrogens (tertiary/aromatic N) is 6. The average Bonchev–Trinajstić information content (AvgIpc) is 3.57. The Bertz CT molecular complexity index is 2330. The largest absolute Gasteiger partial charge is 0.384 e. The van der Waals surface area contributed by atoms with E-state index < -0.39 is 11.9 Å². The van der Waals surface area contributed by atoms with Crippen molar-refractivity contribution < 1.29 is 9.59 Å². The highest BCUT2D eigenvalue weighted by molar-refractivity contribution is 6.10. The molecule has 0 spiro atoms. The van der Waals surface area contributed by atoms with Crippen LogP contribution in [0.5, 0.6) is 0 Å². The van der Waals surface area contributed by atoms with Gasteiger partial charge in [-0.05, 0) is 54.6 Å². The van der Waals surface area contributed by atoms with E-state index in [9.17, 15) is 9.59 Å². The molecule has 0 aliphatic rings. The van der Waals surface area contributed by atoms with Crippen LogP contribution in [0.3, 0.4) is 0 Å². The lowest BCUT2D eigenvalue weighted by atomic mass is 9.92. The molecule has 4 heterocycles. The normalized spacial score (nSPS) is 11.7. The van der Waals surface area contributed by atoms with Crippen molar-refractivity contribution >= 4 is 62.4 Å². The third-order valence-corrected chi connectivity index (χ3v) is 7.66. The molecule has 0 saturated carbocycles. The molecule has 228 valence electrons. The zero-order chi connectivity index (χ0) is 32.2. The summed E-state index contributed by atoms with van der Waals surface area (Å²) in [4.78, 5) is 39.6. The second kappa shape index (κ2) is 10.7. The number of amides is 3. The van der Waals surface area contributed by atoms with E-state index in [1.54, 1.807) is 45.8 Å². The molecule has 0 radical (unpaired) electrons. The maximum absolute atomic E-state index is 13.4. The fourth-order valence-electron chi connectivity index (χ4n) is 5.40. The van der Waals surface area contributed by atoms with E-state index in [4.69, 9.17) is 21.5 Å². The molecule has 3 amide bonds. The molecule has 0 saturated heterocycles. The topological polar surface area (TPSA) is 172 Å². The lowest BCUT2D eigenvalue weighted by Crippen LogP contribution is -2.21. The molecule has 12 nitrogen and oxygen atoms in total. The van der Waals surface area contributed by atoms with Gasteiger partial charge in [0.1, 0.15) is 22.7 Å². The van der Waals surface area contributed by atoms with Gasteiger partial charge in [-0.2, -0.15) is 5.10 Å². The molecule has 0 aliphatic carbocycles. The number of para-hydroxylation sites is 2. The maximum atomic E-state index is 13.4. The number of carbonyl (C=O) groups excluding carboxylic acids is 2. The minimum atomic E-state index is -0.714. The van der Waals surface area contributed by atoms with Crippen molar-refractivity contribution in [1.29, 1.82) is 0 Å². The molecule has 0 aliphatic heterocycles. The number of hydrogen-bond donors (Lipinski definition) is 4. The van der Waals surface area contributed by atoms with E-state index in [0.29, 0.717) is 39.4 Å². The lowest BCUT2D eigenvalue weighted by molar-refractivity contribution is 0.100. The summed E-state index contributed by atoms with van der Waals surface area (Å²) in [6.45, 7) is 6.19. The number of rotatable bonds is 5. The smallest absolute Gasteiger partial charge is 0.324 e. The zero-order valence-electron chi connectivity index (χ0n) is 25.3. The first-order valence-corrected chi connectivity index (χ1v) is 14.6. The van der Waals surface area contributed by atoms with Crippen molar-refractivity contribution in [2.75, 3.05) is 16.4 Å². The van der Waals surface area contributed by atoms with Gasteiger partial charge in [-0.15, -0.1) is 0 Å². The molecule has 0 atom stereocenters. The van der Waals surface area contributed by atoms with Gasteiger partial charge >= 0.3 is 6.03 Å². The van der Waals surface area contributed by atoms with Crippen LogP contribution in [0.2, 0.25) is 0 Å². The molecular weight excluding hydrogens is 580 g/mol. The van der Waals surface area contributed by atoms with Crippen molar-refractivity contribution in [2.45, 2.75) is 26.2 Å². The number of anilines is 3. The second-order valence-corrected chi connectivity index (χ2v) is 11.9. The van der Waals surface area contributed by atoms with E-state index in [0.717, 1.165) is 22.3 Å². The second-order valence-electron chi connectivity index (χ2n) is 11.9. The Kier molecular flexibility index (Phi) is 6.62. The number of carbonyl (C=O) groups is 2. The number of nitrogen functional groups attached to an aromatic ring is 1. The predicted octanol–water partition coefficient (Wildman–Crippen LogP) is 5.93. The number of aromatic nitrogens is 6. The molecule has 7 rings (SSSR count). The van der Waals surface area contributed by atoms with Crippen LogP contribution in [-0.4, -0.2) is 41.2 Å². The fraction of sp³-hybridized carbons (Fsp3) is 0.118. The Labute approximate surface area is 263 Å². The highest BCUT2D eigenvalue weighted by atomic mass is 16.2. The minimum Gasteiger partial charge on any atom is -0.384 e. The van der Waals surface area contributed by atoms with Gasteiger partial charge in [0, 0.05) is 28.8 Å². The Morgan fingerprint density at radius 3 is 2.35 bits per heavy atom. The summed E-state index contributed by atoms with van der Waals surface area (Å²) in [5, 5.41) is 11.6. The summed E-state index contributed by atoms with van der Waals surface area (Å²) in [6.07, 6.45) is 1.75. The third-order valence-electron chi connectivity index (χ3n) is 7.66. The van der Waals surface area contributed by atoms with Gasteiger partial charge in [-0.1, -0.05) is 45.0 Å². The van der Waals surface area contributed by atoms with Crippen LogP contribution in [0.1, 0.15) is 36.8 Å². The molecule has 4 aromatic heterocycles. The lowest BCUT2D eigenvalue weighted by Gasteiger charge is -2.14. The van der Waals surface area contributed by atoms with E-state index in [1.165, 1.54) is 0 Å². The van der Waals surface area contributed by atoms with Crippen molar-refractivity contribution in [3.05, 3.63) is 102 Å². The maximum Gasteiger partial charge on any atom is 0.324 e.